The molecule has 0 saturated carbocycles. The van der Waals surface area contributed by atoms with Crippen molar-refractivity contribution in [2.24, 2.45) is 0 Å². The van der Waals surface area contributed by atoms with Gasteiger partial charge in [-0.3, -0.25) is 4.98 Å². The Balaban J connectivity index is 2.02. The molecular formula is C13H19N3O3S. The molecule has 0 aliphatic carbocycles. The number of aromatic nitrogens is 1. The smallest absolute Gasteiger partial charge is 0.319 e. The highest BCUT2D eigenvalue weighted by molar-refractivity contribution is 7.91. The van der Waals surface area contributed by atoms with Crippen LogP contribution in [0, 0.1) is 20.8 Å². The van der Waals surface area contributed by atoms with E-state index >= 15 is 0 Å². The molecule has 0 bridgehead atoms. The molecule has 0 spiro atoms. The summed E-state index contributed by atoms with van der Waals surface area (Å²) in [5.41, 5.74) is 3.25. The number of hydrogen-bond acceptors (Lipinski definition) is 4. The van der Waals surface area contributed by atoms with Crippen LogP contribution in [0.2, 0.25) is 0 Å². The first kappa shape index (κ1) is 14.8. The summed E-state index contributed by atoms with van der Waals surface area (Å²) in [7, 11) is -2.99. The maximum absolute atomic E-state index is 11.9. The number of nitrogens with zero attached hydrogens (tertiary/aromatic N) is 1. The van der Waals surface area contributed by atoms with E-state index < -0.39 is 9.84 Å². The summed E-state index contributed by atoms with van der Waals surface area (Å²) in [6, 6.07) is 1.20. The summed E-state index contributed by atoms with van der Waals surface area (Å²) in [5, 5.41) is 5.45. The van der Waals surface area contributed by atoms with Crippen molar-refractivity contribution < 1.29 is 13.2 Å². The molecule has 1 aliphatic rings. The van der Waals surface area contributed by atoms with Crippen molar-refractivity contribution >= 4 is 21.6 Å². The lowest BCUT2D eigenvalue weighted by molar-refractivity contribution is 0.249. The maximum atomic E-state index is 11.9. The molecule has 7 heteroatoms. The summed E-state index contributed by atoms with van der Waals surface area (Å²) in [5.74, 6) is 0.159. The molecule has 1 fully saturated rings. The molecule has 0 aromatic carbocycles. The van der Waals surface area contributed by atoms with Gasteiger partial charge in [-0.1, -0.05) is 0 Å². The van der Waals surface area contributed by atoms with Crippen molar-refractivity contribution in [3.63, 3.8) is 0 Å². The molecule has 1 unspecified atom stereocenters. The number of amides is 2. The van der Waals surface area contributed by atoms with Crippen LogP contribution in [-0.4, -0.2) is 37.0 Å². The van der Waals surface area contributed by atoms with E-state index in [0.717, 1.165) is 17.0 Å². The molecule has 1 atom stereocenters. The van der Waals surface area contributed by atoms with Gasteiger partial charge in [0.05, 0.1) is 22.9 Å². The lowest BCUT2D eigenvalue weighted by atomic mass is 10.1. The van der Waals surface area contributed by atoms with Gasteiger partial charge < -0.3 is 10.6 Å². The van der Waals surface area contributed by atoms with Gasteiger partial charge in [-0.2, -0.15) is 0 Å². The highest BCUT2D eigenvalue weighted by Gasteiger charge is 2.29. The molecule has 2 rings (SSSR count). The third-order valence-electron chi connectivity index (χ3n) is 3.33. The van der Waals surface area contributed by atoms with Gasteiger partial charge in [0.15, 0.2) is 9.84 Å². The largest absolute Gasteiger partial charge is 0.334 e. The van der Waals surface area contributed by atoms with Gasteiger partial charge in [0.2, 0.25) is 0 Å². The maximum Gasteiger partial charge on any atom is 0.319 e. The summed E-state index contributed by atoms with van der Waals surface area (Å²) in [4.78, 5) is 16.2. The van der Waals surface area contributed by atoms with E-state index in [2.05, 4.69) is 15.6 Å². The van der Waals surface area contributed by atoms with Gasteiger partial charge >= 0.3 is 6.03 Å². The van der Waals surface area contributed by atoms with Gasteiger partial charge in [-0.05, 0) is 38.8 Å². The van der Waals surface area contributed by atoms with Crippen molar-refractivity contribution in [3.8, 4) is 0 Å². The fourth-order valence-electron chi connectivity index (χ4n) is 2.46. The summed E-state index contributed by atoms with van der Waals surface area (Å²) < 4.78 is 22.7. The van der Waals surface area contributed by atoms with Crippen LogP contribution < -0.4 is 10.6 Å². The zero-order valence-electron chi connectivity index (χ0n) is 11.9. The predicted octanol–water partition coefficient (Wildman–Crippen LogP) is 1.32. The fourth-order valence-corrected chi connectivity index (χ4v) is 4.13. The number of aryl methyl sites for hydroxylation is 3. The van der Waals surface area contributed by atoms with E-state index in [9.17, 15) is 13.2 Å². The molecule has 2 heterocycles. The van der Waals surface area contributed by atoms with Crippen molar-refractivity contribution in [1.29, 1.82) is 0 Å². The van der Waals surface area contributed by atoms with Gasteiger partial charge in [0, 0.05) is 11.7 Å². The zero-order chi connectivity index (χ0) is 14.9. The predicted molar refractivity (Wildman–Crippen MR) is 77.7 cm³/mol. The second-order valence-corrected chi connectivity index (χ2v) is 7.47. The van der Waals surface area contributed by atoms with Crippen LogP contribution in [0.5, 0.6) is 0 Å². The van der Waals surface area contributed by atoms with Gasteiger partial charge in [-0.15, -0.1) is 0 Å². The molecule has 0 radical (unpaired) electrons. The Morgan fingerprint density at radius 1 is 1.35 bits per heavy atom. The zero-order valence-corrected chi connectivity index (χ0v) is 12.7. The Labute approximate surface area is 118 Å². The summed E-state index contributed by atoms with van der Waals surface area (Å²) in [6.45, 7) is 5.63. The third-order valence-corrected chi connectivity index (χ3v) is 5.10. The monoisotopic (exact) mass is 297 g/mol. The van der Waals surface area contributed by atoms with Crippen LogP contribution in [0.15, 0.2) is 6.07 Å². The lowest BCUT2D eigenvalue weighted by Gasteiger charge is -2.15. The first-order chi connectivity index (χ1) is 9.27. The second-order valence-electron chi connectivity index (χ2n) is 5.24. The Morgan fingerprint density at radius 3 is 2.60 bits per heavy atom. The molecule has 2 N–H and O–H groups in total. The Hall–Kier alpha value is -1.63. The summed E-state index contributed by atoms with van der Waals surface area (Å²) in [6.07, 6.45) is 0.472. The number of hydrogen-bond donors (Lipinski definition) is 2. The van der Waals surface area contributed by atoms with E-state index in [1.54, 1.807) is 0 Å². The van der Waals surface area contributed by atoms with Gasteiger partial charge in [0.25, 0.3) is 0 Å². The third kappa shape index (κ3) is 3.47. The first-order valence-corrected chi connectivity index (χ1v) is 8.32. The number of carbonyl (C=O) groups excluding carboxylic acids is 1. The minimum absolute atomic E-state index is 0.0184. The number of nitrogens with one attached hydrogen (secondary N) is 2. The molecule has 1 aromatic rings. The van der Waals surface area contributed by atoms with Crippen molar-refractivity contribution in [2.75, 3.05) is 16.8 Å². The highest BCUT2D eigenvalue weighted by Crippen LogP contribution is 2.19. The molecule has 20 heavy (non-hydrogen) atoms. The van der Waals surface area contributed by atoms with Gasteiger partial charge in [0.1, 0.15) is 0 Å². The molecule has 2 amide bonds. The molecule has 1 saturated heterocycles. The number of urea groups is 1. The van der Waals surface area contributed by atoms with Crippen LogP contribution >= 0.6 is 0 Å². The van der Waals surface area contributed by atoms with E-state index in [1.165, 1.54) is 0 Å². The molecule has 6 nitrogen and oxygen atoms in total. The van der Waals surface area contributed by atoms with E-state index in [-0.39, 0.29) is 23.6 Å². The number of pyridine rings is 1. The van der Waals surface area contributed by atoms with E-state index in [1.807, 2.05) is 26.8 Å². The van der Waals surface area contributed by atoms with Gasteiger partial charge in [-0.25, -0.2) is 13.2 Å². The molecule has 1 aromatic heterocycles. The Bertz CT molecular complexity index is 617. The average molecular weight is 297 g/mol. The minimum atomic E-state index is -2.99. The van der Waals surface area contributed by atoms with Crippen LogP contribution in [0.4, 0.5) is 10.5 Å². The van der Waals surface area contributed by atoms with Crippen molar-refractivity contribution in [1.82, 2.24) is 10.3 Å². The van der Waals surface area contributed by atoms with Crippen molar-refractivity contribution in [3.05, 3.63) is 23.0 Å². The van der Waals surface area contributed by atoms with Crippen LogP contribution in [0.3, 0.4) is 0 Å². The Morgan fingerprint density at radius 2 is 2.05 bits per heavy atom. The average Bonchev–Trinajstić information content (AvgIpc) is 2.63. The van der Waals surface area contributed by atoms with Crippen LogP contribution in [-0.2, 0) is 9.84 Å². The number of sulfone groups is 1. The highest BCUT2D eigenvalue weighted by atomic mass is 32.2. The molecule has 110 valence electrons. The SMILES string of the molecule is Cc1cc(C)c(NC(=O)NC2CCS(=O)(=O)C2)c(C)n1. The molecule has 1 aliphatic heterocycles. The van der Waals surface area contributed by atoms with E-state index in [0.29, 0.717) is 12.1 Å². The first-order valence-electron chi connectivity index (χ1n) is 6.49. The fraction of sp³-hybridized carbons (Fsp3) is 0.538. The second kappa shape index (κ2) is 5.40. The van der Waals surface area contributed by atoms with Crippen LogP contribution in [0.1, 0.15) is 23.4 Å². The quantitative estimate of drug-likeness (QED) is 0.861. The van der Waals surface area contributed by atoms with Crippen LogP contribution in [0.25, 0.3) is 0 Å². The van der Waals surface area contributed by atoms with E-state index in [4.69, 9.17) is 0 Å². The standard InChI is InChI=1S/C13H19N3O3S/c1-8-6-9(2)14-10(3)12(8)16-13(17)15-11-4-5-20(18,19)7-11/h6,11H,4-5,7H2,1-3H3,(H2,15,16,17). The Kier molecular flexibility index (Phi) is 3.99. The van der Waals surface area contributed by atoms with Crippen molar-refractivity contribution in [2.45, 2.75) is 33.2 Å². The minimum Gasteiger partial charge on any atom is -0.334 e. The topological polar surface area (TPSA) is 88.2 Å². The number of anilines is 1. The number of rotatable bonds is 2. The number of carbonyl (C=O) groups is 1. The molecular weight excluding hydrogens is 278 g/mol. The summed E-state index contributed by atoms with van der Waals surface area (Å²) >= 11 is 0. The normalized spacial score (nSPS) is 20.6. The lowest BCUT2D eigenvalue weighted by Crippen LogP contribution is -2.38.